The zero-order valence-electron chi connectivity index (χ0n) is 18.1. The molecule has 3 aliphatic heterocycles. The molecule has 3 aliphatic rings. The van der Waals surface area contributed by atoms with Crippen LogP contribution < -0.4 is 4.74 Å². The van der Waals surface area contributed by atoms with E-state index in [4.69, 9.17) is 14.5 Å². The van der Waals surface area contributed by atoms with Gasteiger partial charge in [-0.25, -0.2) is 9.79 Å². The van der Waals surface area contributed by atoms with Crippen LogP contribution in [0, 0.1) is 0 Å². The molecule has 0 spiro atoms. The number of likely N-dealkylation sites (tertiary alicyclic amines) is 1. The molecule has 1 saturated heterocycles. The maximum atomic E-state index is 12.9. The number of amides is 1. The first-order valence-corrected chi connectivity index (χ1v) is 11.4. The second-order valence-corrected chi connectivity index (χ2v) is 8.48. The lowest BCUT2D eigenvalue weighted by atomic mass is 9.92. The Hall–Kier alpha value is -2.74. The van der Waals surface area contributed by atoms with Gasteiger partial charge in [0.1, 0.15) is 5.75 Å². The molecule has 1 fully saturated rings. The summed E-state index contributed by atoms with van der Waals surface area (Å²) in [5.41, 5.74) is 2.95. The number of carbonyl (C=O) groups is 2. The van der Waals surface area contributed by atoms with Gasteiger partial charge in [0, 0.05) is 18.8 Å². The van der Waals surface area contributed by atoms with Crippen LogP contribution in [-0.2, 0) is 14.3 Å². The number of allylic oxidation sites excluding steroid dienone is 1. The smallest absolute Gasteiger partial charge is 0.338 e. The van der Waals surface area contributed by atoms with Gasteiger partial charge in [-0.1, -0.05) is 30.8 Å². The molecular weight excluding hydrogens is 414 g/mol. The monoisotopic (exact) mass is 441 g/mol. The molecule has 0 radical (unpaired) electrons. The quantitative estimate of drug-likeness (QED) is 0.625. The summed E-state index contributed by atoms with van der Waals surface area (Å²) in [5.74, 6) is 0.406. The number of methoxy groups -OCH3 is 2. The van der Waals surface area contributed by atoms with Crippen LogP contribution in [0.4, 0.5) is 0 Å². The Morgan fingerprint density at radius 1 is 1.23 bits per heavy atom. The summed E-state index contributed by atoms with van der Waals surface area (Å²) in [7, 11) is 3.00. The number of hydrogen-bond acceptors (Lipinski definition) is 7. The van der Waals surface area contributed by atoms with Gasteiger partial charge in [0.2, 0.25) is 5.91 Å². The van der Waals surface area contributed by atoms with Crippen LogP contribution in [0.15, 0.2) is 51.6 Å². The highest BCUT2D eigenvalue weighted by Gasteiger charge is 2.42. The fraction of sp³-hybridized carbons (Fsp3) is 0.435. The molecule has 164 valence electrons. The largest absolute Gasteiger partial charge is 0.497 e. The van der Waals surface area contributed by atoms with Crippen molar-refractivity contribution in [3.63, 3.8) is 0 Å². The predicted molar refractivity (Wildman–Crippen MR) is 120 cm³/mol. The van der Waals surface area contributed by atoms with Crippen molar-refractivity contribution < 1.29 is 19.1 Å². The number of carbonyl (C=O) groups excluding carboxylic acids is 2. The number of nitrogens with zero attached hydrogens (tertiary/aromatic N) is 3. The molecule has 1 amide bonds. The molecule has 3 heterocycles. The topological polar surface area (TPSA) is 71.4 Å². The summed E-state index contributed by atoms with van der Waals surface area (Å²) in [6, 6.07) is 7.23. The number of aliphatic imine (C=N–C) groups is 1. The highest BCUT2D eigenvalue weighted by Crippen LogP contribution is 2.46. The van der Waals surface area contributed by atoms with Crippen LogP contribution >= 0.6 is 11.8 Å². The normalized spacial score (nSPS) is 20.4. The predicted octanol–water partition coefficient (Wildman–Crippen LogP) is 3.85. The van der Waals surface area contributed by atoms with E-state index in [1.807, 2.05) is 46.4 Å². The van der Waals surface area contributed by atoms with E-state index in [2.05, 4.69) is 0 Å². The number of benzene rings is 1. The minimum Gasteiger partial charge on any atom is -0.497 e. The van der Waals surface area contributed by atoms with Crippen LogP contribution in [0.3, 0.4) is 0 Å². The van der Waals surface area contributed by atoms with E-state index in [1.165, 1.54) is 18.9 Å². The summed E-state index contributed by atoms with van der Waals surface area (Å²) < 4.78 is 10.6. The van der Waals surface area contributed by atoms with Crippen LogP contribution in [0.25, 0.3) is 0 Å². The fourth-order valence-corrected chi connectivity index (χ4v) is 5.21. The van der Waals surface area contributed by atoms with Gasteiger partial charge in [-0.05, 0) is 42.4 Å². The summed E-state index contributed by atoms with van der Waals surface area (Å²) in [4.78, 5) is 34.5. The van der Waals surface area contributed by atoms with Crippen LogP contribution in [0.1, 0.15) is 44.2 Å². The standard InChI is InChI=1S/C23H27N3O4S/c1-4-18-20(22(28)30-3)21(15-8-7-9-17(12-15)29-2)26-16(14-31-23(26)24-18)13-19(27)25-10-5-6-11-25/h7-9,12,14,21H,4-6,10-11,13H2,1-3H3. The lowest BCUT2D eigenvalue weighted by molar-refractivity contribution is -0.136. The maximum Gasteiger partial charge on any atom is 0.338 e. The lowest BCUT2D eigenvalue weighted by Crippen LogP contribution is -2.38. The first-order chi connectivity index (χ1) is 15.1. The van der Waals surface area contributed by atoms with Crippen molar-refractivity contribution in [3.05, 3.63) is 52.2 Å². The number of esters is 1. The van der Waals surface area contributed by atoms with Gasteiger partial charge in [-0.2, -0.15) is 0 Å². The second-order valence-electron chi connectivity index (χ2n) is 7.64. The van der Waals surface area contributed by atoms with Crippen molar-refractivity contribution >= 4 is 28.8 Å². The SMILES string of the molecule is CCC1=C(C(=O)OC)C(c2cccc(OC)c2)N2C(CC(=O)N3CCCC3)=CSC2=N1. The van der Waals surface area contributed by atoms with Gasteiger partial charge < -0.3 is 19.3 Å². The van der Waals surface area contributed by atoms with Crippen molar-refractivity contribution in [1.82, 2.24) is 9.80 Å². The number of amidine groups is 1. The molecule has 1 aromatic carbocycles. The van der Waals surface area contributed by atoms with E-state index >= 15 is 0 Å². The molecule has 8 heteroatoms. The van der Waals surface area contributed by atoms with Crippen molar-refractivity contribution in [2.24, 2.45) is 4.99 Å². The van der Waals surface area contributed by atoms with Gasteiger partial charge in [-0.3, -0.25) is 4.79 Å². The third kappa shape index (κ3) is 4.08. The molecule has 31 heavy (non-hydrogen) atoms. The molecule has 7 nitrogen and oxygen atoms in total. The minimum absolute atomic E-state index is 0.111. The van der Waals surface area contributed by atoms with Crippen molar-refractivity contribution in [3.8, 4) is 5.75 Å². The Kier molecular flexibility index (Phi) is 6.36. The van der Waals surface area contributed by atoms with E-state index in [-0.39, 0.29) is 12.3 Å². The zero-order chi connectivity index (χ0) is 22.0. The van der Waals surface area contributed by atoms with Crippen molar-refractivity contribution in [2.45, 2.75) is 38.6 Å². The number of ether oxygens (including phenoxy) is 2. The molecule has 4 rings (SSSR count). The molecule has 1 unspecified atom stereocenters. The maximum absolute atomic E-state index is 12.9. The summed E-state index contributed by atoms with van der Waals surface area (Å²) >= 11 is 1.49. The Morgan fingerprint density at radius 2 is 2.00 bits per heavy atom. The Balaban J connectivity index is 1.76. The van der Waals surface area contributed by atoms with Crippen molar-refractivity contribution in [1.29, 1.82) is 0 Å². The molecular formula is C23H27N3O4S. The molecule has 1 atom stereocenters. The van der Waals surface area contributed by atoms with Gasteiger partial charge in [0.05, 0.1) is 38.0 Å². The first kappa shape index (κ1) is 21.5. The van der Waals surface area contributed by atoms with E-state index in [0.717, 1.165) is 42.4 Å². The summed E-state index contributed by atoms with van der Waals surface area (Å²) in [5, 5.41) is 2.76. The van der Waals surface area contributed by atoms with Gasteiger partial charge in [0.15, 0.2) is 5.17 Å². The highest BCUT2D eigenvalue weighted by molar-refractivity contribution is 8.16. The van der Waals surface area contributed by atoms with Crippen LogP contribution in [-0.4, -0.2) is 54.2 Å². The second kappa shape index (κ2) is 9.18. The zero-order valence-corrected chi connectivity index (χ0v) is 18.9. The first-order valence-electron chi connectivity index (χ1n) is 10.5. The molecule has 0 N–H and O–H groups in total. The fourth-order valence-electron chi connectivity index (χ4n) is 4.27. The third-order valence-corrected chi connectivity index (χ3v) is 6.72. The van der Waals surface area contributed by atoms with Gasteiger partial charge >= 0.3 is 5.97 Å². The molecule has 0 aromatic heterocycles. The van der Waals surface area contributed by atoms with E-state index in [0.29, 0.717) is 23.4 Å². The highest BCUT2D eigenvalue weighted by atomic mass is 32.2. The lowest BCUT2D eigenvalue weighted by Gasteiger charge is -2.37. The molecule has 0 bridgehead atoms. The van der Waals surface area contributed by atoms with E-state index in [1.54, 1.807) is 7.11 Å². The molecule has 1 aromatic rings. The summed E-state index contributed by atoms with van der Waals surface area (Å²) in [6.45, 7) is 3.60. The molecule has 0 aliphatic carbocycles. The minimum atomic E-state index is -0.433. The summed E-state index contributed by atoms with van der Waals surface area (Å²) in [6.07, 6.45) is 2.99. The third-order valence-electron chi connectivity index (χ3n) is 5.83. The average molecular weight is 442 g/mol. The Morgan fingerprint density at radius 3 is 2.68 bits per heavy atom. The molecule has 0 saturated carbocycles. The van der Waals surface area contributed by atoms with Crippen molar-refractivity contribution in [2.75, 3.05) is 27.3 Å². The van der Waals surface area contributed by atoms with E-state index < -0.39 is 12.0 Å². The van der Waals surface area contributed by atoms with Gasteiger partial charge in [-0.15, -0.1) is 0 Å². The van der Waals surface area contributed by atoms with E-state index in [9.17, 15) is 9.59 Å². The number of hydrogen-bond donors (Lipinski definition) is 0. The Bertz CT molecular complexity index is 979. The van der Waals surface area contributed by atoms with Crippen LogP contribution in [0.5, 0.6) is 5.75 Å². The number of rotatable bonds is 6. The van der Waals surface area contributed by atoms with Crippen LogP contribution in [0.2, 0.25) is 0 Å². The number of fused-ring (bicyclic) bond motifs is 1. The Labute approximate surface area is 186 Å². The average Bonchev–Trinajstić information content (AvgIpc) is 3.48. The van der Waals surface area contributed by atoms with Gasteiger partial charge in [0.25, 0.3) is 0 Å². The number of thioether (sulfide) groups is 1.